The number of halogens is 2. The number of aromatic nitrogens is 2. The van der Waals surface area contributed by atoms with Gasteiger partial charge in [-0.15, -0.1) is 0 Å². The summed E-state index contributed by atoms with van der Waals surface area (Å²) >= 11 is 6.06. The molecular formula is C17H9ClFN3O3. The van der Waals surface area contributed by atoms with E-state index in [0.717, 1.165) is 0 Å². The fraction of sp³-hybridized carbons (Fsp3) is 0. The van der Waals surface area contributed by atoms with E-state index in [0.29, 0.717) is 27.7 Å². The van der Waals surface area contributed by atoms with Gasteiger partial charge in [-0.1, -0.05) is 11.6 Å². The lowest BCUT2D eigenvalue weighted by atomic mass is 10.1. The third kappa shape index (κ3) is 2.85. The van der Waals surface area contributed by atoms with Gasteiger partial charge in [0, 0.05) is 23.2 Å². The lowest BCUT2D eigenvalue weighted by Gasteiger charge is -2.08. The SMILES string of the molecule is O=C(Nc1ccc2[nH]c(=O)oc2c1)c1cc2ccc(F)cc2nc1Cl. The summed E-state index contributed by atoms with van der Waals surface area (Å²) in [6.07, 6.45) is 0. The summed E-state index contributed by atoms with van der Waals surface area (Å²) in [5, 5.41) is 3.21. The van der Waals surface area contributed by atoms with Crippen molar-refractivity contribution in [2.45, 2.75) is 0 Å². The Hall–Kier alpha value is -3.19. The normalized spacial score (nSPS) is 11.1. The molecule has 0 unspecified atom stereocenters. The second kappa shape index (κ2) is 5.71. The highest BCUT2D eigenvalue weighted by Gasteiger charge is 2.14. The van der Waals surface area contributed by atoms with Gasteiger partial charge in [-0.25, -0.2) is 14.2 Å². The van der Waals surface area contributed by atoms with Crippen LogP contribution in [0.25, 0.3) is 22.0 Å². The van der Waals surface area contributed by atoms with Gasteiger partial charge in [-0.3, -0.25) is 9.78 Å². The summed E-state index contributed by atoms with van der Waals surface area (Å²) < 4.78 is 18.2. The maximum Gasteiger partial charge on any atom is 0.417 e. The highest BCUT2D eigenvalue weighted by Crippen LogP contribution is 2.23. The fourth-order valence-corrected chi connectivity index (χ4v) is 2.73. The van der Waals surface area contributed by atoms with E-state index in [4.69, 9.17) is 16.0 Å². The van der Waals surface area contributed by atoms with Crippen molar-refractivity contribution in [2.75, 3.05) is 5.32 Å². The summed E-state index contributed by atoms with van der Waals surface area (Å²) in [7, 11) is 0. The number of carbonyl (C=O) groups is 1. The molecule has 6 nitrogen and oxygen atoms in total. The van der Waals surface area contributed by atoms with Gasteiger partial charge in [0.05, 0.1) is 16.6 Å². The number of amides is 1. The third-order valence-electron chi connectivity index (χ3n) is 3.66. The van der Waals surface area contributed by atoms with E-state index in [1.54, 1.807) is 12.1 Å². The molecule has 8 heteroatoms. The Morgan fingerprint density at radius 2 is 2.04 bits per heavy atom. The second-order valence-electron chi connectivity index (χ2n) is 5.34. The molecule has 2 aromatic heterocycles. The number of H-pyrrole nitrogens is 1. The molecule has 0 aliphatic rings. The molecule has 4 aromatic rings. The van der Waals surface area contributed by atoms with Crippen molar-refractivity contribution in [3.05, 3.63) is 69.5 Å². The number of aromatic amines is 1. The number of anilines is 1. The van der Waals surface area contributed by atoms with Gasteiger partial charge < -0.3 is 9.73 Å². The van der Waals surface area contributed by atoms with Crippen LogP contribution in [-0.2, 0) is 0 Å². The van der Waals surface area contributed by atoms with Gasteiger partial charge in [0.1, 0.15) is 11.0 Å². The molecule has 0 saturated carbocycles. The summed E-state index contributed by atoms with van der Waals surface area (Å²) in [6.45, 7) is 0. The van der Waals surface area contributed by atoms with Crippen LogP contribution in [0.1, 0.15) is 10.4 Å². The topological polar surface area (TPSA) is 88.0 Å². The first-order chi connectivity index (χ1) is 12.0. The van der Waals surface area contributed by atoms with Crippen LogP contribution < -0.4 is 11.1 Å². The Balaban J connectivity index is 1.69. The number of benzene rings is 2. The lowest BCUT2D eigenvalue weighted by molar-refractivity contribution is 0.102. The molecule has 0 bridgehead atoms. The minimum Gasteiger partial charge on any atom is -0.408 e. The predicted octanol–water partition coefficient (Wildman–Crippen LogP) is 3.71. The molecule has 0 radical (unpaired) electrons. The summed E-state index contributed by atoms with van der Waals surface area (Å²) in [5.74, 6) is -1.50. The Morgan fingerprint density at radius 1 is 1.20 bits per heavy atom. The molecule has 4 rings (SSSR count). The van der Waals surface area contributed by atoms with E-state index in [-0.39, 0.29) is 10.7 Å². The number of oxazole rings is 1. The molecule has 2 N–H and O–H groups in total. The van der Waals surface area contributed by atoms with Crippen LogP contribution in [0.2, 0.25) is 5.15 Å². The van der Waals surface area contributed by atoms with Crippen LogP contribution >= 0.6 is 11.6 Å². The zero-order chi connectivity index (χ0) is 17.6. The summed E-state index contributed by atoms with van der Waals surface area (Å²) in [6, 6.07) is 10.3. The van der Waals surface area contributed by atoms with Crippen molar-refractivity contribution in [1.29, 1.82) is 0 Å². The molecular weight excluding hydrogens is 349 g/mol. The number of fused-ring (bicyclic) bond motifs is 2. The highest BCUT2D eigenvalue weighted by atomic mass is 35.5. The van der Waals surface area contributed by atoms with E-state index >= 15 is 0 Å². The van der Waals surface area contributed by atoms with Crippen LogP contribution in [0.4, 0.5) is 10.1 Å². The maximum absolute atomic E-state index is 13.2. The van der Waals surface area contributed by atoms with Crippen LogP contribution in [-0.4, -0.2) is 15.9 Å². The van der Waals surface area contributed by atoms with Crippen LogP contribution in [0.3, 0.4) is 0 Å². The van der Waals surface area contributed by atoms with Gasteiger partial charge in [0.2, 0.25) is 0 Å². The number of rotatable bonds is 2. The van der Waals surface area contributed by atoms with Crippen molar-refractivity contribution < 1.29 is 13.6 Å². The Labute approximate surface area is 144 Å². The van der Waals surface area contributed by atoms with Crippen LogP contribution in [0.5, 0.6) is 0 Å². The average molecular weight is 358 g/mol. The van der Waals surface area contributed by atoms with Gasteiger partial charge in [0.15, 0.2) is 5.58 Å². The smallest absolute Gasteiger partial charge is 0.408 e. The number of hydrogen-bond donors (Lipinski definition) is 2. The number of nitrogens with zero attached hydrogens (tertiary/aromatic N) is 1. The molecule has 0 aliphatic heterocycles. The number of nitrogens with one attached hydrogen (secondary N) is 2. The Kier molecular flexibility index (Phi) is 3.51. The molecule has 0 saturated heterocycles. The first kappa shape index (κ1) is 15.3. The molecule has 0 fully saturated rings. The molecule has 124 valence electrons. The molecule has 0 spiro atoms. The highest BCUT2D eigenvalue weighted by molar-refractivity contribution is 6.33. The number of hydrogen-bond acceptors (Lipinski definition) is 4. The van der Waals surface area contributed by atoms with Gasteiger partial charge >= 0.3 is 5.76 Å². The Bertz CT molecular complexity index is 1200. The minimum absolute atomic E-state index is 0.0372. The van der Waals surface area contributed by atoms with Crippen LogP contribution in [0.15, 0.2) is 51.7 Å². The molecule has 1 amide bonds. The lowest BCUT2D eigenvalue weighted by Crippen LogP contribution is -2.13. The number of carbonyl (C=O) groups excluding carboxylic acids is 1. The van der Waals surface area contributed by atoms with Gasteiger partial charge in [-0.2, -0.15) is 0 Å². The molecule has 0 aliphatic carbocycles. The minimum atomic E-state index is -0.576. The zero-order valence-corrected chi connectivity index (χ0v) is 13.2. The van der Waals surface area contributed by atoms with E-state index in [9.17, 15) is 14.0 Å². The van der Waals surface area contributed by atoms with Gasteiger partial charge in [-0.05, 0) is 30.3 Å². The third-order valence-corrected chi connectivity index (χ3v) is 3.94. The van der Waals surface area contributed by atoms with Crippen molar-refractivity contribution in [3.63, 3.8) is 0 Å². The first-order valence-corrected chi connectivity index (χ1v) is 7.57. The van der Waals surface area contributed by atoms with Crippen molar-refractivity contribution in [1.82, 2.24) is 9.97 Å². The van der Waals surface area contributed by atoms with Gasteiger partial charge in [0.25, 0.3) is 5.91 Å². The van der Waals surface area contributed by atoms with E-state index < -0.39 is 17.5 Å². The van der Waals surface area contributed by atoms with E-state index in [1.165, 1.54) is 30.3 Å². The largest absolute Gasteiger partial charge is 0.417 e. The molecule has 0 atom stereocenters. The average Bonchev–Trinajstić information content (AvgIpc) is 2.93. The second-order valence-corrected chi connectivity index (χ2v) is 5.70. The maximum atomic E-state index is 13.2. The van der Waals surface area contributed by atoms with E-state index in [1.807, 2.05) is 0 Å². The zero-order valence-electron chi connectivity index (χ0n) is 12.5. The quantitative estimate of drug-likeness (QED) is 0.535. The summed E-state index contributed by atoms with van der Waals surface area (Å²) in [4.78, 5) is 30.2. The Morgan fingerprint density at radius 3 is 2.88 bits per heavy atom. The standard InChI is InChI=1S/C17H9ClFN3O3/c18-15-11(5-8-1-2-9(19)6-13(8)21-15)16(23)20-10-3-4-12-14(7-10)25-17(24)22-12/h1-7H,(H,20,23)(H,22,24). The monoisotopic (exact) mass is 357 g/mol. The van der Waals surface area contributed by atoms with Crippen LogP contribution in [0, 0.1) is 5.82 Å². The molecule has 2 aromatic carbocycles. The van der Waals surface area contributed by atoms with Crippen molar-refractivity contribution >= 4 is 45.2 Å². The van der Waals surface area contributed by atoms with Crippen molar-refractivity contribution in [3.8, 4) is 0 Å². The molecule has 2 heterocycles. The number of pyridine rings is 1. The predicted molar refractivity (Wildman–Crippen MR) is 91.5 cm³/mol. The molecule has 25 heavy (non-hydrogen) atoms. The fourth-order valence-electron chi connectivity index (χ4n) is 2.50. The van der Waals surface area contributed by atoms with Crippen molar-refractivity contribution in [2.24, 2.45) is 0 Å². The first-order valence-electron chi connectivity index (χ1n) is 7.20. The summed E-state index contributed by atoms with van der Waals surface area (Å²) in [5.41, 5.74) is 1.78. The van der Waals surface area contributed by atoms with E-state index in [2.05, 4.69) is 15.3 Å².